The van der Waals surface area contributed by atoms with Gasteiger partial charge < -0.3 is 5.11 Å². The summed E-state index contributed by atoms with van der Waals surface area (Å²) in [5.74, 6) is 0.390. The van der Waals surface area contributed by atoms with Crippen LogP contribution in [0.3, 0.4) is 0 Å². The molecule has 7 heteroatoms. The highest BCUT2D eigenvalue weighted by Gasteiger charge is 2.28. The number of rotatable bonds is 3. The lowest BCUT2D eigenvalue weighted by Crippen LogP contribution is -2.35. The third-order valence-corrected chi connectivity index (χ3v) is 8.33. The second kappa shape index (κ2) is 9.16. The van der Waals surface area contributed by atoms with Crippen LogP contribution in [0.15, 0.2) is 98.2 Å². The first-order chi connectivity index (χ1) is 19.4. The largest absolute Gasteiger partial charge is 0.494 e. The number of aromatic hydroxyl groups is 1. The molecule has 0 saturated heterocycles. The Labute approximate surface area is 229 Å². The van der Waals surface area contributed by atoms with E-state index in [-0.39, 0.29) is 11.9 Å². The molecule has 0 radical (unpaired) electrons. The molecule has 0 spiro atoms. The Morgan fingerprint density at radius 2 is 1.30 bits per heavy atom. The van der Waals surface area contributed by atoms with Gasteiger partial charge in [-0.1, -0.05) is 43.3 Å². The molecule has 1 N–H and O–H groups in total. The maximum absolute atomic E-state index is 14.2. The maximum Gasteiger partial charge on any atom is 0.268 e. The van der Waals surface area contributed by atoms with Gasteiger partial charge in [-0.3, -0.25) is 19.4 Å². The minimum absolute atomic E-state index is 0.0201. The van der Waals surface area contributed by atoms with Gasteiger partial charge >= 0.3 is 0 Å². The van der Waals surface area contributed by atoms with Crippen LogP contribution in [0.25, 0.3) is 44.0 Å². The third-order valence-electron chi connectivity index (χ3n) is 8.33. The molecule has 1 aliphatic heterocycles. The fourth-order valence-electron chi connectivity index (χ4n) is 6.26. The van der Waals surface area contributed by atoms with Gasteiger partial charge in [-0.05, 0) is 74.1 Å². The van der Waals surface area contributed by atoms with Crippen molar-refractivity contribution in [1.82, 2.24) is 9.13 Å². The Bertz CT molecular complexity index is 2090. The van der Waals surface area contributed by atoms with E-state index in [1.807, 2.05) is 12.1 Å². The second-order valence-corrected chi connectivity index (χ2v) is 10.9. The van der Waals surface area contributed by atoms with E-state index in [4.69, 9.17) is 4.99 Å². The molecule has 0 bridgehead atoms. The molecule has 4 aromatic rings. The molecule has 0 amide bonds. The Hall–Kier alpha value is -4.78. The second-order valence-electron chi connectivity index (χ2n) is 10.9. The SMILES string of the molecule is CC1CCC(N=c2cc3c(=O)n(-c4ccccc4)c(=O)c4ccc5c(O)n(-c6ccccc6)c(=O)c2c5c4-3)CC1. The summed E-state index contributed by atoms with van der Waals surface area (Å²) >= 11 is 0. The van der Waals surface area contributed by atoms with Gasteiger partial charge in [0.05, 0.1) is 33.7 Å². The van der Waals surface area contributed by atoms with Gasteiger partial charge in [0.15, 0.2) is 0 Å². The van der Waals surface area contributed by atoms with E-state index in [9.17, 15) is 19.5 Å². The highest BCUT2D eigenvalue weighted by molar-refractivity contribution is 6.15. The zero-order valence-electron chi connectivity index (χ0n) is 22.0. The summed E-state index contributed by atoms with van der Waals surface area (Å²) in [6.45, 7) is 2.24. The molecule has 2 aliphatic carbocycles. The van der Waals surface area contributed by atoms with Gasteiger partial charge in [-0.15, -0.1) is 0 Å². The lowest BCUT2D eigenvalue weighted by Gasteiger charge is -2.24. The quantitative estimate of drug-likeness (QED) is 0.333. The van der Waals surface area contributed by atoms with Crippen LogP contribution in [-0.4, -0.2) is 20.3 Å². The monoisotopic (exact) mass is 529 g/mol. The van der Waals surface area contributed by atoms with Crippen LogP contribution < -0.4 is 22.0 Å². The number of hydrogen-bond donors (Lipinski definition) is 1. The van der Waals surface area contributed by atoms with Gasteiger partial charge in [0.2, 0.25) is 5.88 Å². The van der Waals surface area contributed by atoms with E-state index in [1.54, 1.807) is 66.7 Å². The maximum atomic E-state index is 14.2. The number of pyridine rings is 2. The van der Waals surface area contributed by atoms with E-state index in [0.717, 1.165) is 25.7 Å². The fourth-order valence-corrected chi connectivity index (χ4v) is 6.26. The van der Waals surface area contributed by atoms with Gasteiger partial charge in [0.1, 0.15) is 0 Å². The van der Waals surface area contributed by atoms with Crippen LogP contribution in [0.5, 0.6) is 5.88 Å². The van der Waals surface area contributed by atoms with Crippen molar-refractivity contribution in [2.75, 3.05) is 0 Å². The zero-order valence-corrected chi connectivity index (χ0v) is 22.0. The van der Waals surface area contributed by atoms with Gasteiger partial charge in [-0.2, -0.15) is 0 Å². The predicted molar refractivity (Wildman–Crippen MR) is 157 cm³/mol. The molecule has 3 aliphatic rings. The number of para-hydroxylation sites is 2. The van der Waals surface area contributed by atoms with Crippen LogP contribution >= 0.6 is 0 Å². The van der Waals surface area contributed by atoms with Gasteiger partial charge in [0, 0.05) is 21.7 Å². The molecule has 1 aromatic heterocycles. The van der Waals surface area contributed by atoms with Crippen molar-refractivity contribution < 1.29 is 5.11 Å². The number of hydrogen-bond acceptors (Lipinski definition) is 5. The van der Waals surface area contributed by atoms with E-state index in [0.29, 0.717) is 55.3 Å². The Balaban J connectivity index is 1.68. The van der Waals surface area contributed by atoms with E-state index in [1.165, 1.54) is 9.13 Å². The zero-order chi connectivity index (χ0) is 27.5. The minimum Gasteiger partial charge on any atom is -0.494 e. The molecule has 1 fully saturated rings. The van der Waals surface area contributed by atoms with Crippen LogP contribution in [0.1, 0.15) is 32.6 Å². The summed E-state index contributed by atoms with van der Waals surface area (Å²) in [5, 5.41) is 13.3. The highest BCUT2D eigenvalue weighted by atomic mass is 16.3. The molecular formula is C33H27N3O4. The lowest BCUT2D eigenvalue weighted by atomic mass is 9.87. The Kier molecular flexibility index (Phi) is 5.56. The molecule has 2 heterocycles. The van der Waals surface area contributed by atoms with Crippen LogP contribution in [-0.2, 0) is 0 Å². The normalized spacial score (nSPS) is 18.3. The first kappa shape index (κ1) is 24.3. The van der Waals surface area contributed by atoms with Crippen molar-refractivity contribution in [2.45, 2.75) is 38.6 Å². The standard InChI is InChI=1S/C33H27N3O4/c1-19-12-14-20(15-13-19)34-26-18-25-27-23(30(37)35(32(25)39)21-8-4-2-5-9-21)16-17-24-28(27)29(26)33(40)36(31(24)38)22-10-6-3-7-11-22/h2-11,16-20,38H,12-15H2,1H3. The first-order valence-corrected chi connectivity index (χ1v) is 13.7. The van der Waals surface area contributed by atoms with Crippen LogP contribution in [0, 0.1) is 5.92 Å². The number of aromatic nitrogens is 2. The molecular weight excluding hydrogens is 502 g/mol. The highest BCUT2D eigenvalue weighted by Crippen LogP contribution is 2.38. The van der Waals surface area contributed by atoms with Crippen LogP contribution in [0.4, 0.5) is 0 Å². The lowest BCUT2D eigenvalue weighted by molar-refractivity contribution is 0.346. The number of benzene rings is 4. The third kappa shape index (κ3) is 3.57. The first-order valence-electron chi connectivity index (χ1n) is 13.7. The Morgan fingerprint density at radius 1 is 0.700 bits per heavy atom. The topological polar surface area (TPSA) is 93.7 Å². The molecule has 7 nitrogen and oxygen atoms in total. The summed E-state index contributed by atoms with van der Waals surface area (Å²) in [6, 6.07) is 22.8. The predicted octanol–water partition coefficient (Wildman–Crippen LogP) is 4.82. The molecule has 0 atom stereocenters. The van der Waals surface area contributed by atoms with Crippen molar-refractivity contribution in [2.24, 2.45) is 10.9 Å². The molecule has 7 rings (SSSR count). The summed E-state index contributed by atoms with van der Waals surface area (Å²) in [4.78, 5) is 47.0. The molecule has 3 aromatic carbocycles. The number of nitrogens with zero attached hydrogens (tertiary/aromatic N) is 3. The average molecular weight is 530 g/mol. The fraction of sp³-hybridized carbons (Fsp3) is 0.212. The van der Waals surface area contributed by atoms with Crippen LogP contribution in [0.2, 0.25) is 0 Å². The van der Waals surface area contributed by atoms with E-state index >= 15 is 0 Å². The molecule has 40 heavy (non-hydrogen) atoms. The summed E-state index contributed by atoms with van der Waals surface area (Å²) in [6.07, 6.45) is 3.90. The van der Waals surface area contributed by atoms with Crippen molar-refractivity contribution in [3.05, 3.63) is 115 Å². The van der Waals surface area contributed by atoms with E-state index in [2.05, 4.69) is 6.92 Å². The summed E-state index contributed by atoms with van der Waals surface area (Å²) in [5.41, 5.74) is 0.298. The molecule has 198 valence electrons. The van der Waals surface area contributed by atoms with E-state index < -0.39 is 16.7 Å². The molecule has 1 saturated carbocycles. The summed E-state index contributed by atoms with van der Waals surface area (Å²) < 4.78 is 2.46. The molecule has 0 unspecified atom stereocenters. The minimum atomic E-state index is -0.474. The Morgan fingerprint density at radius 3 is 1.95 bits per heavy atom. The van der Waals surface area contributed by atoms with Gasteiger partial charge in [-0.25, -0.2) is 9.13 Å². The van der Waals surface area contributed by atoms with Crippen molar-refractivity contribution >= 4 is 21.5 Å². The summed E-state index contributed by atoms with van der Waals surface area (Å²) in [7, 11) is 0. The smallest absolute Gasteiger partial charge is 0.268 e. The van der Waals surface area contributed by atoms with Crippen molar-refractivity contribution in [3.63, 3.8) is 0 Å². The van der Waals surface area contributed by atoms with Crippen molar-refractivity contribution in [3.8, 4) is 28.4 Å². The van der Waals surface area contributed by atoms with Crippen molar-refractivity contribution in [1.29, 1.82) is 0 Å². The average Bonchev–Trinajstić information content (AvgIpc) is 2.97. The van der Waals surface area contributed by atoms with Gasteiger partial charge in [0.25, 0.3) is 16.7 Å².